The number of fused-ring (bicyclic) bond motifs is 2. The lowest BCUT2D eigenvalue weighted by Crippen LogP contribution is -1.93. The van der Waals surface area contributed by atoms with Gasteiger partial charge in [-0.1, -0.05) is 12.1 Å². The van der Waals surface area contributed by atoms with Gasteiger partial charge in [0.1, 0.15) is 0 Å². The summed E-state index contributed by atoms with van der Waals surface area (Å²) in [5, 5.41) is 8.49. The van der Waals surface area contributed by atoms with E-state index in [-0.39, 0.29) is 0 Å². The fraction of sp³-hybridized carbons (Fsp3) is 0.333. The number of hydrogen-bond acceptors (Lipinski definition) is 6. The lowest BCUT2D eigenvalue weighted by molar-refractivity contribution is 0.173. The first-order valence-corrected chi connectivity index (χ1v) is 7.99. The van der Waals surface area contributed by atoms with Crippen LogP contribution in [0.15, 0.2) is 46.6 Å². The molecule has 124 valence electrons. The van der Waals surface area contributed by atoms with Gasteiger partial charge < -0.3 is 18.9 Å². The standard InChI is InChI=1S/C18H18N2O4/c1-3-15-17(23-11-21-15)9-13(1)5-7-19-20-8-6-14-2-4-16-18(10-14)24-12-22-16/h1-4,9-10H,5-8,11-12H2. The lowest BCUT2D eigenvalue weighted by atomic mass is 10.1. The lowest BCUT2D eigenvalue weighted by Gasteiger charge is -2.01. The molecule has 0 aromatic heterocycles. The average Bonchev–Trinajstić information content (AvgIpc) is 3.25. The molecule has 2 aromatic rings. The predicted molar refractivity (Wildman–Crippen MR) is 87.1 cm³/mol. The Morgan fingerprint density at radius 3 is 1.58 bits per heavy atom. The van der Waals surface area contributed by atoms with E-state index >= 15 is 0 Å². The number of ether oxygens (including phenoxy) is 4. The first-order chi connectivity index (χ1) is 11.9. The van der Waals surface area contributed by atoms with Crippen LogP contribution < -0.4 is 18.9 Å². The molecule has 2 heterocycles. The third-order valence-electron chi connectivity index (χ3n) is 3.97. The van der Waals surface area contributed by atoms with Crippen molar-refractivity contribution < 1.29 is 18.9 Å². The molecule has 2 aliphatic rings. The first kappa shape index (κ1) is 14.8. The van der Waals surface area contributed by atoms with Crippen LogP contribution in [0.25, 0.3) is 0 Å². The van der Waals surface area contributed by atoms with E-state index in [9.17, 15) is 0 Å². The van der Waals surface area contributed by atoms with E-state index in [0.29, 0.717) is 26.7 Å². The highest BCUT2D eigenvalue weighted by Gasteiger charge is 2.13. The molecule has 0 spiro atoms. The van der Waals surface area contributed by atoms with Gasteiger partial charge in [0.05, 0.1) is 13.1 Å². The summed E-state index contributed by atoms with van der Waals surface area (Å²) >= 11 is 0. The summed E-state index contributed by atoms with van der Waals surface area (Å²) in [6.45, 7) is 1.94. The van der Waals surface area contributed by atoms with Crippen molar-refractivity contribution in [3.05, 3.63) is 47.5 Å². The van der Waals surface area contributed by atoms with Crippen LogP contribution in [-0.4, -0.2) is 26.7 Å². The molecule has 0 fully saturated rings. The summed E-state index contributed by atoms with van der Waals surface area (Å²) in [5.74, 6) is 3.24. The van der Waals surface area contributed by atoms with Crippen molar-refractivity contribution in [3.8, 4) is 23.0 Å². The number of benzene rings is 2. The number of rotatable bonds is 6. The maximum atomic E-state index is 5.37. The average molecular weight is 326 g/mol. The van der Waals surface area contributed by atoms with Gasteiger partial charge in [0.2, 0.25) is 13.6 Å². The van der Waals surface area contributed by atoms with Crippen LogP contribution in [0.1, 0.15) is 11.1 Å². The van der Waals surface area contributed by atoms with Gasteiger partial charge in [0.15, 0.2) is 23.0 Å². The van der Waals surface area contributed by atoms with E-state index in [1.165, 1.54) is 11.1 Å². The van der Waals surface area contributed by atoms with Gasteiger partial charge in [0, 0.05) is 0 Å². The second-order valence-electron chi connectivity index (χ2n) is 5.61. The van der Waals surface area contributed by atoms with Gasteiger partial charge in [-0.15, -0.1) is 0 Å². The maximum Gasteiger partial charge on any atom is 0.231 e. The minimum absolute atomic E-state index is 0.304. The van der Waals surface area contributed by atoms with Crippen molar-refractivity contribution in [3.63, 3.8) is 0 Å². The molecule has 0 N–H and O–H groups in total. The fourth-order valence-electron chi connectivity index (χ4n) is 2.69. The minimum atomic E-state index is 0.304. The second kappa shape index (κ2) is 6.78. The SMILES string of the molecule is c1cc2c(cc1CCN=NCCc1ccc3c(c1)OCO3)OCO2. The highest BCUT2D eigenvalue weighted by Crippen LogP contribution is 2.33. The van der Waals surface area contributed by atoms with Gasteiger partial charge in [-0.05, 0) is 48.2 Å². The highest BCUT2D eigenvalue weighted by molar-refractivity contribution is 5.45. The van der Waals surface area contributed by atoms with Crippen molar-refractivity contribution in [2.75, 3.05) is 26.7 Å². The summed E-state index contributed by atoms with van der Waals surface area (Å²) in [4.78, 5) is 0. The molecule has 0 atom stereocenters. The largest absolute Gasteiger partial charge is 0.454 e. The van der Waals surface area contributed by atoms with E-state index in [2.05, 4.69) is 10.2 Å². The Labute approximate surface area is 140 Å². The van der Waals surface area contributed by atoms with Gasteiger partial charge in [0.25, 0.3) is 0 Å². The number of azo groups is 1. The predicted octanol–water partition coefficient (Wildman–Crippen LogP) is 3.38. The van der Waals surface area contributed by atoms with E-state index in [0.717, 1.165) is 35.8 Å². The smallest absolute Gasteiger partial charge is 0.231 e. The Morgan fingerprint density at radius 1 is 0.625 bits per heavy atom. The normalized spacial score (nSPS) is 14.5. The molecule has 0 amide bonds. The Kier molecular flexibility index (Phi) is 4.18. The molecule has 0 aliphatic carbocycles. The Balaban J connectivity index is 1.22. The molecule has 6 heteroatoms. The van der Waals surface area contributed by atoms with E-state index in [4.69, 9.17) is 18.9 Å². The van der Waals surface area contributed by atoms with Crippen molar-refractivity contribution >= 4 is 0 Å². The van der Waals surface area contributed by atoms with E-state index in [1.54, 1.807) is 0 Å². The molecule has 0 saturated carbocycles. The molecule has 6 nitrogen and oxygen atoms in total. The van der Waals surface area contributed by atoms with Crippen molar-refractivity contribution in [2.24, 2.45) is 10.2 Å². The number of hydrogen-bond donors (Lipinski definition) is 0. The third-order valence-corrected chi connectivity index (χ3v) is 3.97. The van der Waals surface area contributed by atoms with E-state index in [1.807, 2.05) is 36.4 Å². The third kappa shape index (κ3) is 3.27. The second-order valence-corrected chi connectivity index (χ2v) is 5.61. The van der Waals surface area contributed by atoms with Crippen LogP contribution in [0.5, 0.6) is 23.0 Å². The zero-order valence-corrected chi connectivity index (χ0v) is 13.2. The molecule has 0 saturated heterocycles. The molecular weight excluding hydrogens is 308 g/mol. The first-order valence-electron chi connectivity index (χ1n) is 7.99. The van der Waals surface area contributed by atoms with Gasteiger partial charge in [-0.2, -0.15) is 10.2 Å². The van der Waals surface area contributed by atoms with Crippen LogP contribution in [0.2, 0.25) is 0 Å². The van der Waals surface area contributed by atoms with Crippen LogP contribution >= 0.6 is 0 Å². The Hall–Kier alpha value is -2.76. The van der Waals surface area contributed by atoms with Gasteiger partial charge in [-0.25, -0.2) is 0 Å². The zero-order valence-electron chi connectivity index (χ0n) is 13.2. The van der Waals surface area contributed by atoms with Crippen LogP contribution in [0.4, 0.5) is 0 Å². The summed E-state index contributed by atoms with van der Waals surface area (Å²) in [6.07, 6.45) is 1.67. The van der Waals surface area contributed by atoms with Gasteiger partial charge >= 0.3 is 0 Å². The molecule has 0 unspecified atom stereocenters. The molecule has 2 aromatic carbocycles. The van der Waals surface area contributed by atoms with Crippen molar-refractivity contribution in [2.45, 2.75) is 12.8 Å². The summed E-state index contributed by atoms with van der Waals surface area (Å²) in [7, 11) is 0. The maximum absolute atomic E-state index is 5.37. The molecule has 0 radical (unpaired) electrons. The number of nitrogens with zero attached hydrogens (tertiary/aromatic N) is 2. The zero-order chi connectivity index (χ0) is 16.2. The van der Waals surface area contributed by atoms with Gasteiger partial charge in [-0.3, -0.25) is 0 Å². The van der Waals surface area contributed by atoms with Crippen molar-refractivity contribution in [1.29, 1.82) is 0 Å². The van der Waals surface area contributed by atoms with Crippen LogP contribution in [-0.2, 0) is 12.8 Å². The van der Waals surface area contributed by atoms with Crippen LogP contribution in [0.3, 0.4) is 0 Å². The molecule has 24 heavy (non-hydrogen) atoms. The monoisotopic (exact) mass is 326 g/mol. The molecular formula is C18H18N2O4. The minimum Gasteiger partial charge on any atom is -0.454 e. The van der Waals surface area contributed by atoms with Crippen molar-refractivity contribution in [1.82, 2.24) is 0 Å². The van der Waals surface area contributed by atoms with Crippen LogP contribution in [0, 0.1) is 0 Å². The fourth-order valence-corrected chi connectivity index (χ4v) is 2.69. The van der Waals surface area contributed by atoms with E-state index < -0.39 is 0 Å². The Bertz CT molecular complexity index is 697. The summed E-state index contributed by atoms with van der Waals surface area (Å²) in [6, 6.07) is 12.0. The summed E-state index contributed by atoms with van der Waals surface area (Å²) in [5.41, 5.74) is 2.35. The molecule has 2 aliphatic heterocycles. The highest BCUT2D eigenvalue weighted by atomic mass is 16.7. The summed E-state index contributed by atoms with van der Waals surface area (Å²) < 4.78 is 21.3. The molecule has 4 rings (SSSR count). The Morgan fingerprint density at radius 2 is 1.08 bits per heavy atom. The quantitative estimate of drug-likeness (QED) is 0.764. The topological polar surface area (TPSA) is 61.6 Å². The molecule has 0 bridgehead atoms.